The molecule has 1 aliphatic rings. The maximum atomic E-state index is 13.5. The largest absolute Gasteiger partial charge is 0.446 e. The molecule has 2 rings (SSSR count). The van der Waals surface area contributed by atoms with Crippen LogP contribution in [-0.2, 0) is 14.3 Å². The molecule has 1 saturated heterocycles. The van der Waals surface area contributed by atoms with Crippen molar-refractivity contribution in [2.75, 3.05) is 6.61 Å². The van der Waals surface area contributed by atoms with Crippen LogP contribution in [0, 0.1) is 0 Å². The van der Waals surface area contributed by atoms with E-state index in [0.29, 0.717) is 0 Å². The van der Waals surface area contributed by atoms with Crippen LogP contribution in [0.4, 0.5) is 4.79 Å². The first-order valence-electron chi connectivity index (χ1n) is 9.25. The van der Waals surface area contributed by atoms with E-state index in [1.807, 2.05) is 71.9 Å². The van der Waals surface area contributed by atoms with E-state index in [4.69, 9.17) is 4.74 Å². The second-order valence-corrected chi connectivity index (χ2v) is 13.7. The zero-order valence-electron chi connectivity index (χ0n) is 16.5. The Balaban J connectivity index is 2.44. The Kier molecular flexibility index (Phi) is 6.06. The van der Waals surface area contributed by atoms with E-state index in [0.717, 1.165) is 10.5 Å². The van der Waals surface area contributed by atoms with Gasteiger partial charge in [0.05, 0.1) is 0 Å². The summed E-state index contributed by atoms with van der Waals surface area (Å²) in [4.78, 5) is 40.0. The van der Waals surface area contributed by atoms with Gasteiger partial charge in [0.25, 0.3) is 5.91 Å². The van der Waals surface area contributed by atoms with Crippen molar-refractivity contribution in [3.8, 4) is 0 Å². The van der Waals surface area contributed by atoms with Crippen LogP contribution in [0.1, 0.15) is 53.1 Å². The van der Waals surface area contributed by atoms with Crippen molar-refractivity contribution < 1.29 is 19.1 Å². The summed E-state index contributed by atoms with van der Waals surface area (Å²) in [5, 5.41) is -0.364. The second kappa shape index (κ2) is 7.74. The van der Waals surface area contributed by atoms with Crippen LogP contribution < -0.4 is 0 Å². The van der Waals surface area contributed by atoms with Crippen molar-refractivity contribution in [1.82, 2.24) is 4.90 Å². The summed E-state index contributed by atoms with van der Waals surface area (Å²) in [7, 11) is -2.66. The third-order valence-corrected chi connectivity index (χ3v) is 12.5. The number of hydrogen-bond acceptors (Lipinski definition) is 4. The molecule has 1 atom stereocenters. The van der Waals surface area contributed by atoms with E-state index >= 15 is 0 Å². The van der Waals surface area contributed by atoms with Crippen molar-refractivity contribution in [3.05, 3.63) is 35.9 Å². The van der Waals surface area contributed by atoms with E-state index < -0.39 is 26.1 Å². The standard InChI is InChI=1S/C20H29NO4Si/c1-13(2)26(14(3)4,15(5)6)19(23)18(22)21-17(12-25-20(21)24)16-10-8-7-9-11-16/h7-11,13-15,17H,12H2,1-6H3/t17-/m0/s1. The highest BCUT2D eigenvalue weighted by atomic mass is 28.3. The summed E-state index contributed by atoms with van der Waals surface area (Å²) >= 11 is 0. The van der Waals surface area contributed by atoms with Gasteiger partial charge in [-0.15, -0.1) is 0 Å². The number of amides is 2. The van der Waals surface area contributed by atoms with Crippen LogP contribution in [0.5, 0.6) is 0 Å². The summed E-state index contributed by atoms with van der Waals surface area (Å²) < 4.78 is 5.13. The number of hydrogen-bond donors (Lipinski definition) is 0. The minimum Gasteiger partial charge on any atom is -0.446 e. The van der Waals surface area contributed by atoms with E-state index in [9.17, 15) is 14.4 Å². The van der Waals surface area contributed by atoms with Gasteiger partial charge in [0, 0.05) is 0 Å². The number of carbonyl (C=O) groups is 3. The molecule has 0 spiro atoms. The number of nitrogens with zero attached hydrogens (tertiary/aromatic N) is 1. The first-order valence-corrected chi connectivity index (χ1v) is 11.5. The molecule has 142 valence electrons. The van der Waals surface area contributed by atoms with E-state index in [-0.39, 0.29) is 28.6 Å². The average Bonchev–Trinajstić information content (AvgIpc) is 2.96. The zero-order valence-corrected chi connectivity index (χ0v) is 17.5. The van der Waals surface area contributed by atoms with Crippen LogP contribution in [0.15, 0.2) is 30.3 Å². The summed E-state index contributed by atoms with van der Waals surface area (Å²) in [6.45, 7) is 12.2. The Morgan fingerprint density at radius 2 is 1.50 bits per heavy atom. The molecule has 0 radical (unpaired) electrons. The van der Waals surface area contributed by atoms with Gasteiger partial charge < -0.3 is 4.74 Å². The minimum absolute atomic E-state index is 0.0848. The number of cyclic esters (lactones) is 1. The lowest BCUT2D eigenvalue weighted by Gasteiger charge is -2.41. The molecule has 0 unspecified atom stereocenters. The number of imide groups is 1. The van der Waals surface area contributed by atoms with E-state index in [2.05, 4.69) is 0 Å². The highest BCUT2D eigenvalue weighted by molar-refractivity contribution is 7.15. The Hall–Kier alpha value is -1.95. The SMILES string of the molecule is CC(C)[Si](C(=O)C(=O)N1C(=O)OC[C@H]1c1ccccc1)(C(C)C)C(C)C. The monoisotopic (exact) mass is 375 g/mol. The third-order valence-electron chi connectivity index (χ3n) is 5.73. The van der Waals surface area contributed by atoms with Gasteiger partial charge in [-0.25, -0.2) is 9.69 Å². The number of ether oxygens (including phenoxy) is 1. The fourth-order valence-corrected chi connectivity index (χ4v) is 10.7. The Labute approximate surface area is 156 Å². The molecule has 0 aromatic heterocycles. The maximum Gasteiger partial charge on any atom is 0.417 e. The van der Waals surface area contributed by atoms with Crippen LogP contribution in [0.25, 0.3) is 0 Å². The zero-order chi connectivity index (χ0) is 19.6. The topological polar surface area (TPSA) is 63.7 Å². The molecule has 26 heavy (non-hydrogen) atoms. The average molecular weight is 376 g/mol. The van der Waals surface area contributed by atoms with E-state index in [1.54, 1.807) is 0 Å². The maximum absolute atomic E-state index is 13.5. The third kappa shape index (κ3) is 3.22. The molecule has 2 amide bonds. The molecule has 1 aromatic rings. The normalized spacial score (nSPS) is 18.0. The first kappa shape index (κ1) is 20.4. The van der Waals surface area contributed by atoms with Crippen molar-refractivity contribution in [3.63, 3.8) is 0 Å². The molecule has 0 bridgehead atoms. The van der Waals surface area contributed by atoms with Gasteiger partial charge in [-0.3, -0.25) is 9.59 Å². The molecular weight excluding hydrogens is 346 g/mol. The van der Waals surface area contributed by atoms with Gasteiger partial charge in [-0.2, -0.15) is 0 Å². The lowest BCUT2D eigenvalue weighted by molar-refractivity contribution is -0.140. The Bertz CT molecular complexity index is 663. The lowest BCUT2D eigenvalue weighted by atomic mass is 10.1. The smallest absolute Gasteiger partial charge is 0.417 e. The minimum atomic E-state index is -2.66. The van der Waals surface area contributed by atoms with Crippen LogP contribution in [0.3, 0.4) is 0 Å². The first-order chi connectivity index (χ1) is 12.2. The van der Waals surface area contributed by atoms with Gasteiger partial charge >= 0.3 is 6.09 Å². The Morgan fingerprint density at radius 3 is 1.96 bits per heavy atom. The Morgan fingerprint density at radius 1 is 1.00 bits per heavy atom. The molecule has 0 saturated carbocycles. The number of benzene rings is 1. The van der Waals surface area contributed by atoms with Crippen LogP contribution in [0.2, 0.25) is 16.6 Å². The molecule has 1 heterocycles. The van der Waals surface area contributed by atoms with Crippen LogP contribution in [-0.4, -0.2) is 37.0 Å². The van der Waals surface area contributed by atoms with Crippen molar-refractivity contribution >= 4 is 25.5 Å². The molecule has 6 heteroatoms. The molecule has 5 nitrogen and oxygen atoms in total. The molecule has 1 aliphatic heterocycles. The van der Waals surface area contributed by atoms with Gasteiger partial charge in [0.1, 0.15) is 12.6 Å². The van der Waals surface area contributed by atoms with Gasteiger partial charge in [-0.1, -0.05) is 71.9 Å². The highest BCUT2D eigenvalue weighted by Crippen LogP contribution is 2.43. The molecule has 0 N–H and O–H groups in total. The van der Waals surface area contributed by atoms with Crippen LogP contribution >= 0.6 is 0 Å². The van der Waals surface area contributed by atoms with Gasteiger partial charge in [-0.05, 0) is 22.2 Å². The van der Waals surface area contributed by atoms with Gasteiger partial charge in [0.15, 0.2) is 13.5 Å². The lowest BCUT2D eigenvalue weighted by Crippen LogP contribution is -2.59. The van der Waals surface area contributed by atoms with Crippen molar-refractivity contribution in [2.45, 2.75) is 64.2 Å². The fourth-order valence-electron chi connectivity index (χ4n) is 4.65. The molecule has 1 fully saturated rings. The number of carbonyl (C=O) groups excluding carboxylic acids is 3. The second-order valence-electron chi connectivity index (χ2n) is 7.90. The van der Waals surface area contributed by atoms with Crippen molar-refractivity contribution in [2.24, 2.45) is 0 Å². The molecule has 1 aromatic carbocycles. The quantitative estimate of drug-likeness (QED) is 0.543. The number of rotatable bonds is 6. The summed E-state index contributed by atoms with van der Waals surface area (Å²) in [6, 6.07) is 8.70. The fraction of sp³-hybridized carbons (Fsp3) is 0.550. The summed E-state index contributed by atoms with van der Waals surface area (Å²) in [5.41, 5.74) is 1.11. The summed E-state index contributed by atoms with van der Waals surface area (Å²) in [6.07, 6.45) is -0.726. The van der Waals surface area contributed by atoms with E-state index in [1.165, 1.54) is 0 Å². The van der Waals surface area contributed by atoms with Crippen molar-refractivity contribution in [1.29, 1.82) is 0 Å². The van der Waals surface area contributed by atoms with Gasteiger partial charge in [0.2, 0.25) is 0 Å². The predicted molar refractivity (Wildman–Crippen MR) is 103 cm³/mol. The summed E-state index contributed by atoms with van der Waals surface area (Å²) in [5.74, 6) is -0.705. The molecular formula is C20H29NO4Si. The predicted octanol–water partition coefficient (Wildman–Crippen LogP) is 4.49. The highest BCUT2D eigenvalue weighted by Gasteiger charge is 2.55. The molecule has 0 aliphatic carbocycles.